The Bertz CT molecular complexity index is 1110. The molecule has 0 saturated carbocycles. The summed E-state index contributed by atoms with van der Waals surface area (Å²) in [5, 5.41) is 16.5. The molecule has 32 heavy (non-hydrogen) atoms. The molecule has 2 unspecified atom stereocenters. The number of halogens is 5. The van der Waals surface area contributed by atoms with Crippen molar-refractivity contribution >= 4 is 28.4 Å². The van der Waals surface area contributed by atoms with E-state index in [9.17, 15) is 22.4 Å². The number of nitrogens with one attached hydrogen (secondary N) is 1. The van der Waals surface area contributed by atoms with Gasteiger partial charge in [-0.1, -0.05) is 11.6 Å². The summed E-state index contributed by atoms with van der Waals surface area (Å²) in [5.41, 5.74) is 1.18. The van der Waals surface area contributed by atoms with Crippen LogP contribution in [0.1, 0.15) is 23.0 Å². The van der Waals surface area contributed by atoms with Gasteiger partial charge in [-0.15, -0.1) is 0 Å². The van der Waals surface area contributed by atoms with Gasteiger partial charge in [0.25, 0.3) is 5.91 Å². The van der Waals surface area contributed by atoms with Gasteiger partial charge in [-0.2, -0.15) is 18.3 Å². The Labute approximate surface area is 184 Å². The van der Waals surface area contributed by atoms with E-state index in [-0.39, 0.29) is 29.7 Å². The number of aromatic nitrogens is 4. The van der Waals surface area contributed by atoms with Crippen molar-refractivity contribution in [1.29, 1.82) is 0 Å². The first-order chi connectivity index (χ1) is 15.1. The normalized spacial score (nSPS) is 13.7. The Balaban J connectivity index is 1.75. The van der Waals surface area contributed by atoms with Gasteiger partial charge >= 0.3 is 6.18 Å². The van der Waals surface area contributed by atoms with Crippen LogP contribution in [-0.2, 0) is 6.54 Å². The molecule has 1 amide bonds. The van der Waals surface area contributed by atoms with E-state index in [1.165, 1.54) is 23.1 Å². The topological polar surface area (TPSA) is 102 Å². The molecular formula is C19H18ClF4N5O3. The molecule has 0 aliphatic carbocycles. The number of aliphatic hydroxyl groups excluding tert-OH is 1. The van der Waals surface area contributed by atoms with Crippen molar-refractivity contribution < 1.29 is 32.2 Å². The summed E-state index contributed by atoms with van der Waals surface area (Å²) in [6.07, 6.45) is -3.85. The predicted octanol–water partition coefficient (Wildman–Crippen LogP) is 2.92. The first-order valence-electron chi connectivity index (χ1n) is 9.30. The fourth-order valence-electron chi connectivity index (χ4n) is 2.68. The lowest BCUT2D eigenvalue weighted by Crippen LogP contribution is -2.35. The van der Waals surface area contributed by atoms with Gasteiger partial charge in [0.1, 0.15) is 17.3 Å². The summed E-state index contributed by atoms with van der Waals surface area (Å²) in [5.74, 6) is -0.790. The van der Waals surface area contributed by atoms with Crippen molar-refractivity contribution in [1.82, 2.24) is 25.1 Å². The van der Waals surface area contributed by atoms with Gasteiger partial charge in [-0.05, 0) is 24.6 Å². The van der Waals surface area contributed by atoms with Crippen LogP contribution in [0, 0.1) is 0 Å². The predicted molar refractivity (Wildman–Crippen MR) is 106 cm³/mol. The summed E-state index contributed by atoms with van der Waals surface area (Å²) in [4.78, 5) is 20.3. The van der Waals surface area contributed by atoms with Crippen molar-refractivity contribution in [2.24, 2.45) is 0 Å². The highest BCUT2D eigenvalue weighted by Gasteiger charge is 2.40. The zero-order chi connectivity index (χ0) is 23.5. The van der Waals surface area contributed by atoms with Crippen molar-refractivity contribution in [2.75, 3.05) is 13.2 Å². The average Bonchev–Trinajstić information content (AvgIpc) is 3.14. The molecule has 2 N–H and O–H groups in total. The maximum Gasteiger partial charge on any atom is 0.423 e. The Kier molecular flexibility index (Phi) is 7.14. The lowest BCUT2D eigenvalue weighted by molar-refractivity contribution is -0.187. The standard InChI is InChI=1S/C19H18ClF4N5O3/c1-10(8-30)27-17(31)16-12-7-29(28-14(12)2-3-25-16)6-11-4-13(20)18(26-5-11)32-9-15(21)19(22,23)24/h2-5,7,10,15,30H,6,8-9H2,1H3,(H,27,31). The Hall–Kier alpha value is -2.99. The molecule has 0 spiro atoms. The van der Waals surface area contributed by atoms with Crippen LogP contribution in [0.5, 0.6) is 5.88 Å². The third-order valence-corrected chi connectivity index (χ3v) is 4.55. The molecule has 8 nitrogen and oxygen atoms in total. The molecule has 0 radical (unpaired) electrons. The average molecular weight is 476 g/mol. The molecule has 0 bridgehead atoms. The van der Waals surface area contributed by atoms with Gasteiger partial charge in [0.2, 0.25) is 12.1 Å². The van der Waals surface area contributed by atoms with Crippen molar-refractivity contribution in [3.05, 3.63) is 47.0 Å². The Morgan fingerprint density at radius 2 is 2.12 bits per heavy atom. The zero-order valence-corrected chi connectivity index (χ0v) is 17.4. The van der Waals surface area contributed by atoms with E-state index in [1.807, 2.05) is 0 Å². The van der Waals surface area contributed by atoms with E-state index in [0.717, 1.165) is 0 Å². The van der Waals surface area contributed by atoms with Crippen LogP contribution < -0.4 is 10.1 Å². The molecule has 0 saturated heterocycles. The smallest absolute Gasteiger partial charge is 0.423 e. The fraction of sp³-hybridized carbons (Fsp3) is 0.368. The molecule has 0 fully saturated rings. The van der Waals surface area contributed by atoms with Crippen LogP contribution in [0.3, 0.4) is 0 Å². The number of hydrogen-bond acceptors (Lipinski definition) is 6. The third kappa shape index (κ3) is 5.62. The molecule has 3 aromatic rings. The number of fused-ring (bicyclic) bond motifs is 1. The number of hydrogen-bond donors (Lipinski definition) is 2. The molecule has 13 heteroatoms. The van der Waals surface area contributed by atoms with Crippen LogP contribution >= 0.6 is 11.6 Å². The van der Waals surface area contributed by atoms with E-state index < -0.39 is 30.9 Å². The number of nitrogens with zero attached hydrogens (tertiary/aromatic N) is 4. The second kappa shape index (κ2) is 9.65. The van der Waals surface area contributed by atoms with Crippen LogP contribution in [0.25, 0.3) is 10.9 Å². The summed E-state index contributed by atoms with van der Waals surface area (Å²) in [6, 6.07) is 2.58. The van der Waals surface area contributed by atoms with Gasteiger partial charge in [-0.3, -0.25) is 14.5 Å². The van der Waals surface area contributed by atoms with E-state index in [4.69, 9.17) is 21.4 Å². The number of carbonyl (C=O) groups excluding carboxylic acids is 1. The minimum atomic E-state index is -5.03. The van der Waals surface area contributed by atoms with Gasteiger partial charge < -0.3 is 15.2 Å². The molecule has 3 rings (SSSR count). The zero-order valence-electron chi connectivity index (χ0n) is 16.6. The third-order valence-electron chi connectivity index (χ3n) is 4.28. The monoisotopic (exact) mass is 475 g/mol. The van der Waals surface area contributed by atoms with Gasteiger partial charge in [0.05, 0.1) is 24.1 Å². The number of carbonyl (C=O) groups is 1. The highest BCUT2D eigenvalue weighted by Crippen LogP contribution is 2.27. The van der Waals surface area contributed by atoms with Crippen molar-refractivity contribution in [3.63, 3.8) is 0 Å². The lowest BCUT2D eigenvalue weighted by atomic mass is 10.2. The molecule has 2 atom stereocenters. The van der Waals surface area contributed by atoms with Crippen LogP contribution in [0.15, 0.2) is 30.7 Å². The largest absolute Gasteiger partial charge is 0.473 e. The first-order valence-corrected chi connectivity index (χ1v) is 9.68. The second-order valence-electron chi connectivity index (χ2n) is 6.93. The SMILES string of the molecule is CC(CO)NC(=O)c1nccc2nn(Cc3cnc(OCC(F)C(F)(F)F)c(Cl)c3)cc12. The second-order valence-corrected chi connectivity index (χ2v) is 7.33. The fourth-order valence-corrected chi connectivity index (χ4v) is 2.93. The number of ether oxygens (including phenoxy) is 1. The Morgan fingerprint density at radius 3 is 2.78 bits per heavy atom. The first kappa shape index (κ1) is 23.7. The van der Waals surface area contributed by atoms with Crippen LogP contribution in [0.4, 0.5) is 17.6 Å². The summed E-state index contributed by atoms with van der Waals surface area (Å²) in [6.45, 7) is 0.329. The molecule has 0 aliphatic heterocycles. The number of pyridine rings is 2. The molecule has 0 aromatic carbocycles. The number of aliphatic hydroxyl groups is 1. The van der Waals surface area contributed by atoms with E-state index in [1.54, 1.807) is 19.2 Å². The van der Waals surface area contributed by atoms with Gasteiger partial charge in [-0.25, -0.2) is 9.37 Å². The highest BCUT2D eigenvalue weighted by atomic mass is 35.5. The maximum absolute atomic E-state index is 13.0. The number of rotatable bonds is 8. The molecule has 3 aromatic heterocycles. The molecule has 3 heterocycles. The summed E-state index contributed by atoms with van der Waals surface area (Å²) < 4.78 is 56.0. The van der Waals surface area contributed by atoms with Crippen LogP contribution in [0.2, 0.25) is 5.02 Å². The maximum atomic E-state index is 13.0. The quantitative estimate of drug-likeness (QED) is 0.486. The summed E-state index contributed by atoms with van der Waals surface area (Å²) >= 11 is 6.00. The van der Waals surface area contributed by atoms with Gasteiger partial charge in [0, 0.05) is 24.6 Å². The molecular weight excluding hydrogens is 458 g/mol. The number of alkyl halides is 4. The molecule has 172 valence electrons. The minimum Gasteiger partial charge on any atom is -0.473 e. The minimum absolute atomic E-state index is 0.0895. The van der Waals surface area contributed by atoms with Crippen molar-refractivity contribution in [2.45, 2.75) is 31.9 Å². The molecule has 0 aliphatic rings. The van der Waals surface area contributed by atoms with Crippen molar-refractivity contribution in [3.8, 4) is 5.88 Å². The Morgan fingerprint density at radius 1 is 1.38 bits per heavy atom. The lowest BCUT2D eigenvalue weighted by Gasteiger charge is -2.13. The van der Waals surface area contributed by atoms with E-state index >= 15 is 0 Å². The number of amides is 1. The van der Waals surface area contributed by atoms with Gasteiger partial charge in [0.15, 0.2) is 0 Å². The van der Waals surface area contributed by atoms with E-state index in [0.29, 0.717) is 16.5 Å². The van der Waals surface area contributed by atoms with E-state index in [2.05, 4.69) is 20.4 Å². The highest BCUT2D eigenvalue weighted by molar-refractivity contribution is 6.31. The summed E-state index contributed by atoms with van der Waals surface area (Å²) in [7, 11) is 0. The van der Waals surface area contributed by atoms with Crippen LogP contribution in [-0.4, -0.2) is 62.4 Å².